The van der Waals surface area contributed by atoms with Crippen molar-refractivity contribution in [1.29, 1.82) is 0 Å². The molecule has 0 N–H and O–H groups in total. The molecule has 0 amide bonds. The molecule has 0 saturated carbocycles. The van der Waals surface area contributed by atoms with E-state index >= 15 is 0 Å². The van der Waals surface area contributed by atoms with Crippen LogP contribution in [-0.4, -0.2) is 37.2 Å². The average Bonchev–Trinajstić information content (AvgIpc) is 3.29. The molecule has 0 spiro atoms. The summed E-state index contributed by atoms with van der Waals surface area (Å²) >= 11 is 0. The molecule has 0 aliphatic carbocycles. The maximum atomic E-state index is 12.7. The summed E-state index contributed by atoms with van der Waals surface area (Å²) < 4.78 is 16.7. The summed E-state index contributed by atoms with van der Waals surface area (Å²) in [5, 5.41) is 0. The number of carbonyl (C=O) groups is 3. The van der Waals surface area contributed by atoms with Gasteiger partial charge in [-0.2, -0.15) is 0 Å². The maximum Gasteiger partial charge on any atom is 0.306 e. The van der Waals surface area contributed by atoms with Gasteiger partial charge >= 0.3 is 17.9 Å². The van der Waals surface area contributed by atoms with Crippen molar-refractivity contribution in [3.8, 4) is 0 Å². The fraction of sp³-hybridized carbons (Fsp3) is 0.776. The zero-order valence-electron chi connectivity index (χ0n) is 42.3. The van der Waals surface area contributed by atoms with Gasteiger partial charge in [0.25, 0.3) is 0 Å². The van der Waals surface area contributed by atoms with E-state index in [9.17, 15) is 14.4 Å². The lowest BCUT2D eigenvalue weighted by atomic mass is 10.0. The van der Waals surface area contributed by atoms with Crippen molar-refractivity contribution >= 4 is 17.9 Å². The van der Waals surface area contributed by atoms with Gasteiger partial charge < -0.3 is 14.2 Å². The van der Waals surface area contributed by atoms with Crippen molar-refractivity contribution in [3.63, 3.8) is 0 Å². The summed E-state index contributed by atoms with van der Waals surface area (Å²) in [5.41, 5.74) is 0. The molecule has 0 saturated heterocycles. The Kier molecular flexibility index (Phi) is 50.4. The molecule has 0 heterocycles. The van der Waals surface area contributed by atoms with E-state index in [1.54, 1.807) is 0 Å². The Morgan fingerprint density at radius 2 is 0.609 bits per heavy atom. The molecule has 0 aromatic rings. The van der Waals surface area contributed by atoms with E-state index in [1.165, 1.54) is 141 Å². The van der Waals surface area contributed by atoms with E-state index < -0.39 is 6.10 Å². The molecular weight excluding hydrogens is 793 g/mol. The highest BCUT2D eigenvalue weighted by Gasteiger charge is 2.19. The second-order valence-electron chi connectivity index (χ2n) is 18.1. The Hall–Kier alpha value is -2.89. The largest absolute Gasteiger partial charge is 0.462 e. The molecule has 0 aliphatic heterocycles. The molecule has 0 fully saturated rings. The molecule has 0 aromatic heterocycles. The van der Waals surface area contributed by atoms with Crippen LogP contribution in [0.15, 0.2) is 60.8 Å². The van der Waals surface area contributed by atoms with E-state index in [1.807, 2.05) is 0 Å². The van der Waals surface area contributed by atoms with Gasteiger partial charge in [0.15, 0.2) is 6.10 Å². The number of hydrogen-bond donors (Lipinski definition) is 0. The highest BCUT2D eigenvalue weighted by molar-refractivity contribution is 5.71. The van der Waals surface area contributed by atoms with Crippen LogP contribution in [0.1, 0.15) is 271 Å². The molecule has 1 atom stereocenters. The van der Waals surface area contributed by atoms with E-state index in [4.69, 9.17) is 14.2 Å². The molecule has 0 bridgehead atoms. The highest BCUT2D eigenvalue weighted by atomic mass is 16.6. The second-order valence-corrected chi connectivity index (χ2v) is 18.1. The van der Waals surface area contributed by atoms with Crippen LogP contribution in [0.5, 0.6) is 0 Å². The van der Waals surface area contributed by atoms with E-state index in [-0.39, 0.29) is 31.1 Å². The van der Waals surface area contributed by atoms with Crippen LogP contribution < -0.4 is 0 Å². The molecule has 0 aromatic carbocycles. The van der Waals surface area contributed by atoms with Crippen molar-refractivity contribution in [2.75, 3.05) is 13.2 Å². The number of hydrogen-bond acceptors (Lipinski definition) is 6. The first-order valence-electron chi connectivity index (χ1n) is 27.3. The Morgan fingerprint density at radius 3 is 0.953 bits per heavy atom. The predicted octanol–water partition coefficient (Wildman–Crippen LogP) is 18.0. The van der Waals surface area contributed by atoms with Crippen LogP contribution in [-0.2, 0) is 28.6 Å². The lowest BCUT2D eigenvalue weighted by Gasteiger charge is -2.18. The molecule has 6 nitrogen and oxygen atoms in total. The highest BCUT2D eigenvalue weighted by Crippen LogP contribution is 2.16. The number of allylic oxidation sites excluding steroid dienone is 10. The van der Waals surface area contributed by atoms with E-state index in [0.717, 1.165) is 89.9 Å². The standard InChI is InChI=1S/C58H102O6/c1-4-7-10-13-16-18-20-21-22-23-24-25-26-27-28-29-30-31-32-33-34-35-36-37-38-40-42-45-48-51-57(60)63-54-55(53-62-56(59)50-47-44-41-15-12-9-6-3)64-58(61)52-49-46-43-39-19-17-14-11-8-5-2/h7,10,16,18,21-22,24-25,27-28,55H,4-6,8-9,11-15,17,19-20,23,26,29-54H2,1-3H3/b10-7-,18-16-,22-21-,25-24-,28-27-. The summed E-state index contributed by atoms with van der Waals surface area (Å²) in [7, 11) is 0. The van der Waals surface area contributed by atoms with Gasteiger partial charge in [-0.05, 0) is 64.2 Å². The van der Waals surface area contributed by atoms with Gasteiger partial charge in [0.1, 0.15) is 13.2 Å². The van der Waals surface area contributed by atoms with Gasteiger partial charge in [0, 0.05) is 19.3 Å². The quantitative estimate of drug-likeness (QED) is 0.0262. The lowest BCUT2D eigenvalue weighted by molar-refractivity contribution is -0.167. The van der Waals surface area contributed by atoms with Crippen LogP contribution in [0.4, 0.5) is 0 Å². The molecule has 6 heteroatoms. The van der Waals surface area contributed by atoms with Gasteiger partial charge in [-0.1, -0.05) is 248 Å². The van der Waals surface area contributed by atoms with Crippen LogP contribution >= 0.6 is 0 Å². The number of ether oxygens (including phenoxy) is 3. The molecule has 0 aliphatic rings. The SMILES string of the molecule is CC/C=C\C/C=C\C/C=C\C/C=C\C/C=C\CCCCCCCCCCCCCCCC(=O)OCC(COC(=O)CCCCCCCCC)OC(=O)CCCCCCCCCCCC. The van der Waals surface area contributed by atoms with Gasteiger partial charge in [0.2, 0.25) is 0 Å². The maximum absolute atomic E-state index is 12.7. The van der Waals surface area contributed by atoms with Crippen molar-refractivity contribution in [3.05, 3.63) is 60.8 Å². The van der Waals surface area contributed by atoms with E-state index in [2.05, 4.69) is 81.5 Å². The van der Waals surface area contributed by atoms with Crippen LogP contribution in [0, 0.1) is 0 Å². The predicted molar refractivity (Wildman–Crippen MR) is 275 cm³/mol. The third-order valence-corrected chi connectivity index (χ3v) is 11.8. The second kappa shape index (κ2) is 52.7. The Labute approximate surface area is 396 Å². The summed E-state index contributed by atoms with van der Waals surface area (Å²) in [4.78, 5) is 37.7. The minimum atomic E-state index is -0.766. The van der Waals surface area contributed by atoms with E-state index in [0.29, 0.717) is 19.3 Å². The number of esters is 3. The van der Waals surface area contributed by atoms with Gasteiger partial charge in [-0.3, -0.25) is 14.4 Å². The minimum absolute atomic E-state index is 0.0706. The number of unbranched alkanes of at least 4 members (excludes halogenated alkanes) is 28. The first kappa shape index (κ1) is 61.1. The molecule has 1 unspecified atom stereocenters. The van der Waals surface area contributed by atoms with Crippen LogP contribution in [0.3, 0.4) is 0 Å². The third-order valence-electron chi connectivity index (χ3n) is 11.8. The van der Waals surface area contributed by atoms with Crippen molar-refractivity contribution < 1.29 is 28.6 Å². The summed E-state index contributed by atoms with van der Waals surface area (Å²) in [6.45, 7) is 6.48. The first-order valence-corrected chi connectivity index (χ1v) is 27.3. The fourth-order valence-electron chi connectivity index (χ4n) is 7.70. The topological polar surface area (TPSA) is 78.9 Å². The summed E-state index contributed by atoms with van der Waals surface area (Å²) in [6.07, 6.45) is 65.3. The van der Waals surface area contributed by atoms with Gasteiger partial charge in [-0.25, -0.2) is 0 Å². The number of carbonyl (C=O) groups excluding carboxylic acids is 3. The molecule has 0 rings (SSSR count). The third kappa shape index (κ3) is 50.1. The van der Waals surface area contributed by atoms with Crippen LogP contribution in [0.2, 0.25) is 0 Å². The average molecular weight is 895 g/mol. The molecule has 0 radical (unpaired) electrons. The normalized spacial score (nSPS) is 12.5. The molecule has 370 valence electrons. The Morgan fingerprint density at radius 1 is 0.328 bits per heavy atom. The zero-order valence-corrected chi connectivity index (χ0v) is 42.3. The summed E-state index contributed by atoms with van der Waals surface area (Å²) in [6, 6.07) is 0. The van der Waals surface area contributed by atoms with Crippen molar-refractivity contribution in [2.45, 2.75) is 277 Å². The van der Waals surface area contributed by atoms with Gasteiger partial charge in [-0.15, -0.1) is 0 Å². The number of rotatable bonds is 49. The Bertz CT molecular complexity index is 1170. The van der Waals surface area contributed by atoms with Crippen LogP contribution in [0.25, 0.3) is 0 Å². The summed E-state index contributed by atoms with van der Waals surface area (Å²) in [5.74, 6) is -0.873. The van der Waals surface area contributed by atoms with Crippen molar-refractivity contribution in [1.82, 2.24) is 0 Å². The smallest absolute Gasteiger partial charge is 0.306 e. The fourth-order valence-corrected chi connectivity index (χ4v) is 7.70. The monoisotopic (exact) mass is 895 g/mol. The van der Waals surface area contributed by atoms with Crippen molar-refractivity contribution in [2.24, 2.45) is 0 Å². The first-order chi connectivity index (χ1) is 31.5. The van der Waals surface area contributed by atoms with Gasteiger partial charge in [0.05, 0.1) is 0 Å². The lowest BCUT2D eigenvalue weighted by Crippen LogP contribution is -2.30. The Balaban J connectivity index is 4.02. The zero-order chi connectivity index (χ0) is 46.5. The molecule has 64 heavy (non-hydrogen) atoms. The molecular formula is C58H102O6. The minimum Gasteiger partial charge on any atom is -0.462 e.